The topological polar surface area (TPSA) is 20.2 Å². The fourth-order valence-corrected chi connectivity index (χ4v) is 4.10. The highest BCUT2D eigenvalue weighted by atomic mass is 79.9. The molecule has 0 amide bonds. The molecule has 0 radical (unpaired) electrons. The summed E-state index contributed by atoms with van der Waals surface area (Å²) in [4.78, 5) is 1.28. The summed E-state index contributed by atoms with van der Waals surface area (Å²) in [6.45, 7) is 0. The molecule has 1 aliphatic rings. The van der Waals surface area contributed by atoms with E-state index in [2.05, 4.69) is 27.4 Å². The number of hydrogen-bond acceptors (Lipinski definition) is 2. The molecule has 1 aromatic rings. The van der Waals surface area contributed by atoms with Crippen molar-refractivity contribution in [1.29, 1.82) is 0 Å². The van der Waals surface area contributed by atoms with E-state index in [0.29, 0.717) is 0 Å². The molecule has 90 valence electrons. The molecular formula is C13H19BrOS. The molecule has 1 aliphatic carbocycles. The molecule has 1 unspecified atom stereocenters. The number of rotatable bonds is 5. The molecule has 0 bridgehead atoms. The van der Waals surface area contributed by atoms with Gasteiger partial charge in [-0.05, 0) is 46.1 Å². The van der Waals surface area contributed by atoms with Crippen molar-refractivity contribution in [2.45, 2.75) is 51.0 Å². The van der Waals surface area contributed by atoms with Crippen molar-refractivity contribution >= 4 is 27.3 Å². The lowest BCUT2D eigenvalue weighted by atomic mass is 9.98. The monoisotopic (exact) mass is 302 g/mol. The average molecular weight is 303 g/mol. The second kappa shape index (κ2) is 6.18. The molecular weight excluding hydrogens is 284 g/mol. The SMILES string of the molecule is OC(CCC1CCCC1)Cc1sccc1Br. The third-order valence-electron chi connectivity index (χ3n) is 3.49. The fraction of sp³-hybridized carbons (Fsp3) is 0.692. The minimum absolute atomic E-state index is 0.157. The molecule has 0 saturated heterocycles. The van der Waals surface area contributed by atoms with E-state index in [1.165, 1.54) is 37.0 Å². The lowest BCUT2D eigenvalue weighted by Crippen LogP contribution is -2.11. The van der Waals surface area contributed by atoms with E-state index in [9.17, 15) is 5.11 Å². The van der Waals surface area contributed by atoms with Crippen molar-refractivity contribution < 1.29 is 5.11 Å². The summed E-state index contributed by atoms with van der Waals surface area (Å²) in [7, 11) is 0. The Morgan fingerprint density at radius 1 is 1.44 bits per heavy atom. The van der Waals surface area contributed by atoms with E-state index in [4.69, 9.17) is 0 Å². The summed E-state index contributed by atoms with van der Waals surface area (Å²) >= 11 is 5.24. The van der Waals surface area contributed by atoms with Gasteiger partial charge in [0.15, 0.2) is 0 Å². The number of halogens is 1. The molecule has 1 aromatic heterocycles. The van der Waals surface area contributed by atoms with Crippen LogP contribution in [0.4, 0.5) is 0 Å². The molecule has 1 N–H and O–H groups in total. The molecule has 1 heterocycles. The Bertz CT molecular complexity index is 317. The predicted octanol–water partition coefficient (Wildman–Crippen LogP) is 4.38. The van der Waals surface area contributed by atoms with Gasteiger partial charge in [0.1, 0.15) is 0 Å². The highest BCUT2D eigenvalue weighted by Gasteiger charge is 2.17. The van der Waals surface area contributed by atoms with Crippen molar-refractivity contribution in [3.05, 3.63) is 20.8 Å². The first-order chi connectivity index (χ1) is 7.75. The van der Waals surface area contributed by atoms with Gasteiger partial charge in [0.05, 0.1) is 6.10 Å². The van der Waals surface area contributed by atoms with Gasteiger partial charge in [-0.25, -0.2) is 0 Å². The van der Waals surface area contributed by atoms with Gasteiger partial charge in [-0.3, -0.25) is 0 Å². The van der Waals surface area contributed by atoms with Crippen LogP contribution in [0.3, 0.4) is 0 Å². The second-order valence-electron chi connectivity index (χ2n) is 4.78. The standard InChI is InChI=1S/C13H19BrOS/c14-12-7-8-16-13(12)9-11(15)6-5-10-3-1-2-4-10/h7-8,10-11,15H,1-6,9H2. The molecule has 1 nitrogen and oxygen atoms in total. The minimum Gasteiger partial charge on any atom is -0.393 e. The smallest absolute Gasteiger partial charge is 0.0589 e. The van der Waals surface area contributed by atoms with Crippen LogP contribution < -0.4 is 0 Å². The first kappa shape index (κ1) is 12.6. The van der Waals surface area contributed by atoms with E-state index in [1.54, 1.807) is 11.3 Å². The average Bonchev–Trinajstić information content (AvgIpc) is 2.88. The van der Waals surface area contributed by atoms with Crippen LogP contribution in [0.15, 0.2) is 15.9 Å². The molecule has 16 heavy (non-hydrogen) atoms. The number of hydrogen-bond donors (Lipinski definition) is 1. The maximum atomic E-state index is 9.99. The van der Waals surface area contributed by atoms with Gasteiger partial charge in [0.25, 0.3) is 0 Å². The van der Waals surface area contributed by atoms with Crippen LogP contribution in [-0.2, 0) is 6.42 Å². The summed E-state index contributed by atoms with van der Waals surface area (Å²) in [6.07, 6.45) is 8.40. The summed E-state index contributed by atoms with van der Waals surface area (Å²) in [5.41, 5.74) is 0. The highest BCUT2D eigenvalue weighted by molar-refractivity contribution is 9.10. The van der Waals surface area contributed by atoms with Crippen LogP contribution >= 0.6 is 27.3 Å². The minimum atomic E-state index is -0.157. The Hall–Kier alpha value is 0.140. The molecule has 3 heteroatoms. The largest absolute Gasteiger partial charge is 0.393 e. The zero-order valence-corrected chi connectivity index (χ0v) is 11.9. The van der Waals surface area contributed by atoms with Gasteiger partial charge in [-0.15, -0.1) is 11.3 Å². The van der Waals surface area contributed by atoms with Crippen LogP contribution in [0.25, 0.3) is 0 Å². The van der Waals surface area contributed by atoms with Crippen LogP contribution in [0.2, 0.25) is 0 Å². The Balaban J connectivity index is 1.71. The molecule has 0 aliphatic heterocycles. The summed E-state index contributed by atoms with van der Waals surface area (Å²) in [6, 6.07) is 2.06. The van der Waals surface area contributed by atoms with Gasteiger partial charge >= 0.3 is 0 Å². The molecule has 2 rings (SSSR count). The third kappa shape index (κ3) is 3.57. The summed E-state index contributed by atoms with van der Waals surface area (Å²) < 4.78 is 1.15. The fourth-order valence-electron chi connectivity index (χ4n) is 2.51. The first-order valence-corrected chi connectivity index (χ1v) is 7.83. The van der Waals surface area contributed by atoms with Crippen molar-refractivity contribution in [1.82, 2.24) is 0 Å². The van der Waals surface area contributed by atoms with E-state index in [0.717, 1.165) is 23.2 Å². The van der Waals surface area contributed by atoms with E-state index in [1.807, 2.05) is 0 Å². The van der Waals surface area contributed by atoms with Crippen molar-refractivity contribution in [3.8, 4) is 0 Å². The van der Waals surface area contributed by atoms with Crippen LogP contribution in [0.1, 0.15) is 43.4 Å². The third-order valence-corrected chi connectivity index (χ3v) is 5.44. The Morgan fingerprint density at radius 3 is 2.81 bits per heavy atom. The number of aliphatic hydroxyl groups is 1. The predicted molar refractivity (Wildman–Crippen MR) is 72.9 cm³/mol. The Kier molecular flexibility index (Phi) is 4.86. The maximum absolute atomic E-state index is 9.99. The maximum Gasteiger partial charge on any atom is 0.0589 e. The van der Waals surface area contributed by atoms with E-state index in [-0.39, 0.29) is 6.10 Å². The summed E-state index contributed by atoms with van der Waals surface area (Å²) in [5.74, 6) is 0.890. The lowest BCUT2D eigenvalue weighted by Gasteiger charge is -2.13. The Morgan fingerprint density at radius 2 is 2.19 bits per heavy atom. The number of aliphatic hydroxyl groups excluding tert-OH is 1. The van der Waals surface area contributed by atoms with Crippen LogP contribution in [0, 0.1) is 5.92 Å². The zero-order chi connectivity index (χ0) is 11.4. The van der Waals surface area contributed by atoms with E-state index < -0.39 is 0 Å². The molecule has 1 fully saturated rings. The quantitative estimate of drug-likeness (QED) is 0.855. The number of thiophene rings is 1. The van der Waals surface area contributed by atoms with Crippen LogP contribution in [-0.4, -0.2) is 11.2 Å². The van der Waals surface area contributed by atoms with E-state index >= 15 is 0 Å². The van der Waals surface area contributed by atoms with Gasteiger partial charge in [-0.1, -0.05) is 25.7 Å². The van der Waals surface area contributed by atoms with Gasteiger partial charge < -0.3 is 5.11 Å². The van der Waals surface area contributed by atoms with Crippen molar-refractivity contribution in [3.63, 3.8) is 0 Å². The first-order valence-electron chi connectivity index (χ1n) is 6.15. The molecule has 0 aromatic carbocycles. The van der Waals surface area contributed by atoms with Gasteiger partial charge in [-0.2, -0.15) is 0 Å². The molecule has 1 atom stereocenters. The second-order valence-corrected chi connectivity index (χ2v) is 6.63. The summed E-state index contributed by atoms with van der Waals surface area (Å²) in [5, 5.41) is 12.1. The van der Waals surface area contributed by atoms with Crippen LogP contribution in [0.5, 0.6) is 0 Å². The highest BCUT2D eigenvalue weighted by Crippen LogP contribution is 2.30. The Labute approximate surface area is 110 Å². The molecule has 1 saturated carbocycles. The van der Waals surface area contributed by atoms with Crippen molar-refractivity contribution in [2.24, 2.45) is 5.92 Å². The zero-order valence-electron chi connectivity index (χ0n) is 9.49. The van der Waals surface area contributed by atoms with Gasteiger partial charge in [0.2, 0.25) is 0 Å². The van der Waals surface area contributed by atoms with Crippen molar-refractivity contribution in [2.75, 3.05) is 0 Å². The molecule has 0 spiro atoms. The van der Waals surface area contributed by atoms with Gasteiger partial charge in [0, 0.05) is 15.8 Å². The normalized spacial score (nSPS) is 19.1. The lowest BCUT2D eigenvalue weighted by molar-refractivity contribution is 0.155.